The lowest BCUT2D eigenvalue weighted by atomic mass is 10.1. The van der Waals surface area contributed by atoms with Crippen molar-refractivity contribution in [2.45, 2.75) is 26.4 Å². The molecule has 0 N–H and O–H groups in total. The molecule has 88 valence electrons. The Morgan fingerprint density at radius 1 is 1.24 bits per heavy atom. The van der Waals surface area contributed by atoms with Crippen molar-refractivity contribution in [1.82, 2.24) is 4.98 Å². The molecule has 2 heterocycles. The van der Waals surface area contributed by atoms with Gasteiger partial charge in [0.05, 0.1) is 12.7 Å². The molecule has 0 spiro atoms. The molecule has 3 nitrogen and oxygen atoms in total. The molecule has 3 heteroatoms. The van der Waals surface area contributed by atoms with Crippen LogP contribution < -0.4 is 9.47 Å². The third-order valence-corrected chi connectivity index (χ3v) is 2.91. The molecular formula is C14H15NO2. The van der Waals surface area contributed by atoms with E-state index in [2.05, 4.69) is 17.1 Å². The normalized spacial score (nSPS) is 13.8. The molecule has 0 bridgehead atoms. The largest absolute Gasteiger partial charge is 0.492 e. The summed E-state index contributed by atoms with van der Waals surface area (Å²) >= 11 is 0. The molecule has 3 rings (SSSR count). The van der Waals surface area contributed by atoms with Crippen molar-refractivity contribution in [2.75, 3.05) is 6.61 Å². The third-order valence-electron chi connectivity index (χ3n) is 2.91. The highest BCUT2D eigenvalue weighted by Crippen LogP contribution is 2.36. The van der Waals surface area contributed by atoms with Gasteiger partial charge in [-0.2, -0.15) is 0 Å². The van der Waals surface area contributed by atoms with Gasteiger partial charge in [-0.25, -0.2) is 4.98 Å². The van der Waals surface area contributed by atoms with Crippen molar-refractivity contribution in [3.05, 3.63) is 30.0 Å². The second-order valence-corrected chi connectivity index (χ2v) is 4.53. The topological polar surface area (TPSA) is 31.4 Å². The Kier molecular flexibility index (Phi) is 2.39. The number of aromatic nitrogens is 1. The van der Waals surface area contributed by atoms with Gasteiger partial charge in [0.15, 0.2) is 0 Å². The van der Waals surface area contributed by atoms with E-state index in [0.717, 1.165) is 29.5 Å². The summed E-state index contributed by atoms with van der Waals surface area (Å²) in [5.74, 6) is 1.69. The van der Waals surface area contributed by atoms with E-state index in [1.165, 1.54) is 5.56 Å². The highest BCUT2D eigenvalue weighted by Gasteiger charge is 2.17. The molecular weight excluding hydrogens is 214 g/mol. The van der Waals surface area contributed by atoms with E-state index in [1.54, 1.807) is 6.20 Å². The second-order valence-electron chi connectivity index (χ2n) is 4.53. The van der Waals surface area contributed by atoms with E-state index >= 15 is 0 Å². The van der Waals surface area contributed by atoms with Crippen molar-refractivity contribution in [3.63, 3.8) is 0 Å². The summed E-state index contributed by atoms with van der Waals surface area (Å²) in [6.45, 7) is 4.78. The van der Waals surface area contributed by atoms with E-state index in [4.69, 9.17) is 9.47 Å². The van der Waals surface area contributed by atoms with Crippen LogP contribution in [0.25, 0.3) is 10.8 Å². The fraction of sp³-hybridized carbons (Fsp3) is 0.357. The van der Waals surface area contributed by atoms with Crippen LogP contribution in [0.1, 0.15) is 19.4 Å². The average Bonchev–Trinajstić information content (AvgIpc) is 2.76. The molecule has 0 fully saturated rings. The molecule has 1 aliphatic rings. The van der Waals surface area contributed by atoms with Crippen molar-refractivity contribution < 1.29 is 9.47 Å². The number of nitrogens with zero attached hydrogens (tertiary/aromatic N) is 1. The highest BCUT2D eigenvalue weighted by molar-refractivity contribution is 5.93. The van der Waals surface area contributed by atoms with Crippen molar-refractivity contribution in [3.8, 4) is 11.6 Å². The number of hydrogen-bond donors (Lipinski definition) is 0. The Labute approximate surface area is 100 Å². The van der Waals surface area contributed by atoms with Crippen LogP contribution in [0.2, 0.25) is 0 Å². The quantitative estimate of drug-likeness (QED) is 0.793. The third kappa shape index (κ3) is 1.71. The number of benzene rings is 1. The zero-order chi connectivity index (χ0) is 11.8. The molecule has 0 amide bonds. The van der Waals surface area contributed by atoms with E-state index in [-0.39, 0.29) is 6.10 Å². The van der Waals surface area contributed by atoms with Crippen LogP contribution >= 0.6 is 0 Å². The minimum atomic E-state index is 0.127. The van der Waals surface area contributed by atoms with Gasteiger partial charge in [0.1, 0.15) is 5.75 Å². The Morgan fingerprint density at radius 3 is 2.94 bits per heavy atom. The molecule has 0 aliphatic carbocycles. The molecule has 1 aliphatic heterocycles. The molecule has 17 heavy (non-hydrogen) atoms. The maximum atomic E-state index is 5.72. The van der Waals surface area contributed by atoms with Gasteiger partial charge in [0.2, 0.25) is 5.88 Å². The maximum absolute atomic E-state index is 5.72. The summed E-state index contributed by atoms with van der Waals surface area (Å²) in [4.78, 5) is 4.29. The van der Waals surface area contributed by atoms with Gasteiger partial charge in [-0.3, -0.25) is 0 Å². The smallest absolute Gasteiger partial charge is 0.221 e. The molecule has 2 aromatic rings. The number of rotatable bonds is 2. The fourth-order valence-corrected chi connectivity index (χ4v) is 2.19. The van der Waals surface area contributed by atoms with Crippen molar-refractivity contribution >= 4 is 10.8 Å². The first-order valence-corrected chi connectivity index (χ1v) is 5.96. The SMILES string of the molecule is CC(C)Oc1nccc2c3c(ccc12)CCO3. The summed E-state index contributed by atoms with van der Waals surface area (Å²) in [6, 6.07) is 6.18. The molecule has 1 aromatic carbocycles. The lowest BCUT2D eigenvalue weighted by Crippen LogP contribution is -2.07. The highest BCUT2D eigenvalue weighted by atomic mass is 16.5. The van der Waals surface area contributed by atoms with Gasteiger partial charge >= 0.3 is 0 Å². The Hall–Kier alpha value is -1.77. The van der Waals surface area contributed by atoms with Gasteiger partial charge in [0.25, 0.3) is 0 Å². The van der Waals surface area contributed by atoms with Crippen LogP contribution in [-0.2, 0) is 6.42 Å². The van der Waals surface area contributed by atoms with Gasteiger partial charge < -0.3 is 9.47 Å². The molecule has 0 atom stereocenters. The molecule has 0 unspecified atom stereocenters. The van der Waals surface area contributed by atoms with Crippen molar-refractivity contribution in [2.24, 2.45) is 0 Å². The standard InChI is InChI=1S/C14H15NO2/c1-9(2)17-14-12-4-3-10-6-8-16-13(10)11(12)5-7-15-14/h3-5,7,9H,6,8H2,1-2H3. The summed E-state index contributed by atoms with van der Waals surface area (Å²) in [7, 11) is 0. The first-order valence-electron chi connectivity index (χ1n) is 5.96. The van der Waals surface area contributed by atoms with Crippen LogP contribution in [0.5, 0.6) is 11.6 Å². The van der Waals surface area contributed by atoms with Crippen LogP contribution in [-0.4, -0.2) is 17.7 Å². The number of fused-ring (bicyclic) bond motifs is 3. The molecule has 1 aromatic heterocycles. The van der Waals surface area contributed by atoms with Gasteiger partial charge in [-0.15, -0.1) is 0 Å². The van der Waals surface area contributed by atoms with Crippen LogP contribution in [0.4, 0.5) is 0 Å². The Morgan fingerprint density at radius 2 is 2.12 bits per heavy atom. The number of hydrogen-bond acceptors (Lipinski definition) is 3. The Bertz CT molecular complexity index is 563. The average molecular weight is 229 g/mol. The number of pyridine rings is 1. The predicted octanol–water partition coefficient (Wildman–Crippen LogP) is 2.96. The second kappa shape index (κ2) is 3.91. The Balaban J connectivity index is 2.20. The van der Waals surface area contributed by atoms with Gasteiger partial charge in [-0.05, 0) is 31.5 Å². The van der Waals surface area contributed by atoms with Crippen molar-refractivity contribution in [1.29, 1.82) is 0 Å². The molecule has 0 saturated carbocycles. The molecule has 0 saturated heterocycles. The minimum absolute atomic E-state index is 0.127. The monoisotopic (exact) mass is 229 g/mol. The fourth-order valence-electron chi connectivity index (χ4n) is 2.19. The number of ether oxygens (including phenoxy) is 2. The summed E-state index contributed by atoms with van der Waals surface area (Å²) in [5.41, 5.74) is 1.28. The first kappa shape index (κ1) is 10.4. The summed E-state index contributed by atoms with van der Waals surface area (Å²) in [5, 5.41) is 2.13. The van der Waals surface area contributed by atoms with Gasteiger partial charge in [0, 0.05) is 23.4 Å². The van der Waals surface area contributed by atoms with E-state index in [1.807, 2.05) is 19.9 Å². The van der Waals surface area contributed by atoms with E-state index < -0.39 is 0 Å². The summed E-state index contributed by atoms with van der Waals surface area (Å²) in [6.07, 6.45) is 2.90. The molecule has 0 radical (unpaired) electrons. The minimum Gasteiger partial charge on any atom is -0.492 e. The summed E-state index contributed by atoms with van der Waals surface area (Å²) < 4.78 is 11.4. The van der Waals surface area contributed by atoms with E-state index in [9.17, 15) is 0 Å². The van der Waals surface area contributed by atoms with Crippen LogP contribution in [0.15, 0.2) is 24.4 Å². The lowest BCUT2D eigenvalue weighted by molar-refractivity contribution is 0.236. The first-order chi connectivity index (χ1) is 8.25. The maximum Gasteiger partial charge on any atom is 0.221 e. The predicted molar refractivity (Wildman–Crippen MR) is 66.7 cm³/mol. The van der Waals surface area contributed by atoms with Crippen LogP contribution in [0.3, 0.4) is 0 Å². The zero-order valence-corrected chi connectivity index (χ0v) is 10.1. The zero-order valence-electron chi connectivity index (χ0n) is 10.1. The van der Waals surface area contributed by atoms with Crippen LogP contribution in [0, 0.1) is 0 Å². The van der Waals surface area contributed by atoms with Gasteiger partial charge in [-0.1, -0.05) is 6.07 Å². The lowest BCUT2D eigenvalue weighted by Gasteiger charge is -2.12. The van der Waals surface area contributed by atoms with E-state index in [0.29, 0.717) is 5.88 Å².